The Kier molecular flexibility index (Phi) is 7.38. The molecule has 2 amide bonds. The molecule has 4 atom stereocenters. The molecule has 3 aromatic rings. The van der Waals surface area contributed by atoms with Gasteiger partial charge < -0.3 is 15.5 Å². The van der Waals surface area contributed by atoms with E-state index in [9.17, 15) is 14.0 Å². The zero-order valence-corrected chi connectivity index (χ0v) is 21.2. The lowest BCUT2D eigenvalue weighted by Gasteiger charge is -2.28. The van der Waals surface area contributed by atoms with Crippen molar-refractivity contribution in [2.75, 3.05) is 19.6 Å². The van der Waals surface area contributed by atoms with E-state index >= 15 is 0 Å². The van der Waals surface area contributed by atoms with Gasteiger partial charge in [0.2, 0.25) is 5.91 Å². The molecule has 2 fully saturated rings. The van der Waals surface area contributed by atoms with Crippen LogP contribution in [0.1, 0.15) is 58.8 Å². The average molecular weight is 500 g/mol. The van der Waals surface area contributed by atoms with Crippen molar-refractivity contribution in [3.8, 4) is 0 Å². The molecule has 5 nitrogen and oxygen atoms in total. The summed E-state index contributed by atoms with van der Waals surface area (Å²) in [4.78, 5) is 31.3. The summed E-state index contributed by atoms with van der Waals surface area (Å²) in [6, 6.07) is 23.5. The zero-order chi connectivity index (χ0) is 25.9. The number of carbonyl (C=O) groups excluding carboxylic acids is 2. The van der Waals surface area contributed by atoms with Crippen molar-refractivity contribution in [3.05, 3.63) is 107 Å². The Balaban J connectivity index is 1.34. The van der Waals surface area contributed by atoms with Crippen LogP contribution in [0.5, 0.6) is 0 Å². The summed E-state index contributed by atoms with van der Waals surface area (Å²) in [6.07, 6.45) is 2.33. The van der Waals surface area contributed by atoms with Crippen LogP contribution >= 0.6 is 0 Å². The highest BCUT2D eigenvalue weighted by atomic mass is 19.1. The number of rotatable bonds is 6. The minimum Gasteiger partial charge on any atom is -0.341 e. The molecular weight excluding hydrogens is 465 g/mol. The topological polar surface area (TPSA) is 66.6 Å². The van der Waals surface area contributed by atoms with E-state index < -0.39 is 6.04 Å². The Morgan fingerprint density at radius 1 is 1.00 bits per heavy atom. The van der Waals surface area contributed by atoms with Crippen LogP contribution in [0.15, 0.2) is 78.9 Å². The van der Waals surface area contributed by atoms with Gasteiger partial charge in [0, 0.05) is 37.2 Å². The van der Waals surface area contributed by atoms with Crippen molar-refractivity contribution < 1.29 is 14.0 Å². The summed E-state index contributed by atoms with van der Waals surface area (Å²) >= 11 is 0. The molecular formula is C31H34FN3O2. The van der Waals surface area contributed by atoms with Crippen LogP contribution in [-0.2, 0) is 11.2 Å². The Labute approximate surface area is 218 Å². The van der Waals surface area contributed by atoms with E-state index in [0.29, 0.717) is 37.5 Å². The summed E-state index contributed by atoms with van der Waals surface area (Å²) in [5.74, 6) is 0.0939. The molecule has 5 rings (SSSR count). The number of nitrogens with two attached hydrogens (primary N) is 1. The molecule has 192 valence electrons. The number of hydrogen-bond acceptors (Lipinski definition) is 3. The lowest BCUT2D eigenvalue weighted by molar-refractivity contribution is -0.134. The van der Waals surface area contributed by atoms with Gasteiger partial charge in [-0.05, 0) is 73.1 Å². The van der Waals surface area contributed by atoms with Crippen LogP contribution < -0.4 is 5.73 Å². The number of carbonyl (C=O) groups is 2. The van der Waals surface area contributed by atoms with E-state index in [1.54, 1.807) is 11.0 Å². The highest BCUT2D eigenvalue weighted by molar-refractivity contribution is 5.98. The van der Waals surface area contributed by atoms with Crippen LogP contribution in [0.25, 0.3) is 0 Å². The first-order valence-electron chi connectivity index (χ1n) is 13.1. The van der Waals surface area contributed by atoms with Gasteiger partial charge in [0.1, 0.15) is 11.9 Å². The van der Waals surface area contributed by atoms with Crippen molar-refractivity contribution in [2.45, 2.75) is 44.2 Å². The van der Waals surface area contributed by atoms with E-state index in [0.717, 1.165) is 29.5 Å². The minimum atomic E-state index is -0.499. The fourth-order valence-electron chi connectivity index (χ4n) is 5.75. The Hall–Kier alpha value is -3.51. The first-order valence-corrected chi connectivity index (χ1v) is 13.1. The van der Waals surface area contributed by atoms with Gasteiger partial charge in [0.25, 0.3) is 5.91 Å². The molecule has 2 aliphatic heterocycles. The summed E-state index contributed by atoms with van der Waals surface area (Å²) in [6.45, 7) is 3.74. The lowest BCUT2D eigenvalue weighted by atomic mass is 9.96. The summed E-state index contributed by atoms with van der Waals surface area (Å²) in [5.41, 5.74) is 9.76. The van der Waals surface area contributed by atoms with Crippen LogP contribution in [0.4, 0.5) is 4.39 Å². The standard InChI is InChI=1S/C31H34FN3O2/c1-21(33)25-8-5-9-26(17-25)30(36)35-20-27(24-6-3-2-4-7-24)18-29(35)31(37)34-15-14-23(19-34)16-22-10-12-28(32)13-11-22/h2-13,17,21,23,27,29H,14-16,18-20,33H2,1H3/t21?,23?,27-,29-/m0/s1. The molecule has 2 aliphatic rings. The third-order valence-corrected chi connectivity index (χ3v) is 7.81. The van der Waals surface area contributed by atoms with Gasteiger partial charge in [-0.25, -0.2) is 4.39 Å². The van der Waals surface area contributed by atoms with Gasteiger partial charge >= 0.3 is 0 Å². The highest BCUT2D eigenvalue weighted by Crippen LogP contribution is 2.35. The van der Waals surface area contributed by atoms with Gasteiger partial charge in [-0.1, -0.05) is 54.6 Å². The SMILES string of the molecule is CC(N)c1cccc(C(=O)N2C[C@@H](c3ccccc3)C[C@H]2C(=O)N2CCC(Cc3ccc(F)cc3)C2)c1. The number of halogens is 1. The third-order valence-electron chi connectivity index (χ3n) is 7.81. The Bertz CT molecular complexity index is 1240. The van der Waals surface area contributed by atoms with Crippen molar-refractivity contribution in [3.63, 3.8) is 0 Å². The van der Waals surface area contributed by atoms with Crippen molar-refractivity contribution in [2.24, 2.45) is 11.7 Å². The molecule has 0 radical (unpaired) electrons. The van der Waals surface area contributed by atoms with Crippen molar-refractivity contribution >= 4 is 11.8 Å². The van der Waals surface area contributed by atoms with Crippen LogP contribution in [0.3, 0.4) is 0 Å². The summed E-state index contributed by atoms with van der Waals surface area (Å²) in [7, 11) is 0. The van der Waals surface area contributed by atoms with E-state index in [2.05, 4.69) is 12.1 Å². The highest BCUT2D eigenvalue weighted by Gasteiger charge is 2.43. The molecule has 6 heteroatoms. The van der Waals surface area contributed by atoms with Crippen LogP contribution in [0.2, 0.25) is 0 Å². The number of nitrogens with zero attached hydrogens (tertiary/aromatic N) is 2. The molecule has 37 heavy (non-hydrogen) atoms. The molecule has 0 spiro atoms. The molecule has 2 N–H and O–H groups in total. The average Bonchev–Trinajstić information content (AvgIpc) is 3.58. The maximum absolute atomic E-state index is 13.9. The minimum absolute atomic E-state index is 0.0248. The van der Waals surface area contributed by atoms with Gasteiger partial charge in [0.15, 0.2) is 0 Å². The summed E-state index contributed by atoms with van der Waals surface area (Å²) in [5, 5.41) is 0. The lowest BCUT2D eigenvalue weighted by Crippen LogP contribution is -2.47. The van der Waals surface area contributed by atoms with Gasteiger partial charge in [-0.15, -0.1) is 0 Å². The first-order chi connectivity index (χ1) is 17.9. The monoisotopic (exact) mass is 499 g/mol. The largest absolute Gasteiger partial charge is 0.341 e. The van der Waals surface area contributed by atoms with E-state index in [4.69, 9.17) is 5.73 Å². The quantitative estimate of drug-likeness (QED) is 0.523. The molecule has 0 aromatic heterocycles. The Morgan fingerprint density at radius 3 is 2.49 bits per heavy atom. The third kappa shape index (κ3) is 5.59. The van der Waals surface area contributed by atoms with E-state index in [1.165, 1.54) is 12.1 Å². The molecule has 3 aromatic carbocycles. The van der Waals surface area contributed by atoms with Crippen molar-refractivity contribution in [1.29, 1.82) is 0 Å². The molecule has 2 unspecified atom stereocenters. The number of amides is 2. The predicted octanol–water partition coefficient (Wildman–Crippen LogP) is 4.93. The second-order valence-corrected chi connectivity index (χ2v) is 10.5. The van der Waals surface area contributed by atoms with Gasteiger partial charge in [-0.3, -0.25) is 9.59 Å². The fraction of sp³-hybridized carbons (Fsp3) is 0.355. The second-order valence-electron chi connectivity index (χ2n) is 10.5. The number of likely N-dealkylation sites (tertiary alicyclic amines) is 2. The molecule has 2 saturated heterocycles. The smallest absolute Gasteiger partial charge is 0.254 e. The fourth-order valence-corrected chi connectivity index (χ4v) is 5.75. The maximum Gasteiger partial charge on any atom is 0.254 e. The van der Waals surface area contributed by atoms with Crippen LogP contribution in [0, 0.1) is 11.7 Å². The Morgan fingerprint density at radius 2 is 1.76 bits per heavy atom. The van der Waals surface area contributed by atoms with E-state index in [1.807, 2.05) is 60.4 Å². The number of hydrogen-bond donors (Lipinski definition) is 1. The molecule has 0 saturated carbocycles. The zero-order valence-electron chi connectivity index (χ0n) is 21.2. The number of benzene rings is 3. The first kappa shape index (κ1) is 25.2. The van der Waals surface area contributed by atoms with Gasteiger partial charge in [-0.2, -0.15) is 0 Å². The molecule has 0 bridgehead atoms. The van der Waals surface area contributed by atoms with Gasteiger partial charge in [0.05, 0.1) is 0 Å². The predicted molar refractivity (Wildman–Crippen MR) is 142 cm³/mol. The maximum atomic E-state index is 13.9. The second kappa shape index (κ2) is 10.9. The normalized spacial score (nSPS) is 22.3. The van der Waals surface area contributed by atoms with Crippen LogP contribution in [-0.4, -0.2) is 47.3 Å². The van der Waals surface area contributed by atoms with E-state index in [-0.39, 0.29) is 29.6 Å². The van der Waals surface area contributed by atoms with Crippen molar-refractivity contribution in [1.82, 2.24) is 9.80 Å². The molecule has 0 aliphatic carbocycles. The summed E-state index contributed by atoms with van der Waals surface area (Å²) < 4.78 is 13.3. The molecule has 2 heterocycles.